The van der Waals surface area contributed by atoms with E-state index in [2.05, 4.69) is 16.0 Å². The Morgan fingerprint density at radius 3 is 2.36 bits per heavy atom. The standard InChI is InChI=1S/C17H23N3O2/c21-16(19-13-4-1-2-5-13)12-7-9-14(10-8-12)20-17(22)15-6-3-11-18-15/h7-10,13,15,18H,1-6,11H2,(H,19,21)(H,20,22). The van der Waals surface area contributed by atoms with Crippen LogP contribution in [0.15, 0.2) is 24.3 Å². The molecule has 3 rings (SSSR count). The van der Waals surface area contributed by atoms with Gasteiger partial charge in [-0.2, -0.15) is 0 Å². The highest BCUT2D eigenvalue weighted by Gasteiger charge is 2.22. The second-order valence-electron chi connectivity index (χ2n) is 6.17. The topological polar surface area (TPSA) is 70.2 Å². The average molecular weight is 301 g/mol. The fourth-order valence-corrected chi connectivity index (χ4v) is 3.18. The van der Waals surface area contributed by atoms with E-state index in [1.54, 1.807) is 24.3 Å². The minimum absolute atomic E-state index is 0.000608. The van der Waals surface area contributed by atoms with E-state index in [4.69, 9.17) is 0 Å². The zero-order chi connectivity index (χ0) is 15.4. The molecule has 5 heteroatoms. The largest absolute Gasteiger partial charge is 0.349 e. The Morgan fingerprint density at radius 1 is 1.00 bits per heavy atom. The van der Waals surface area contributed by atoms with Crippen LogP contribution < -0.4 is 16.0 Å². The van der Waals surface area contributed by atoms with E-state index < -0.39 is 0 Å². The molecule has 5 nitrogen and oxygen atoms in total. The molecule has 22 heavy (non-hydrogen) atoms. The normalized spacial score (nSPS) is 21.7. The predicted molar refractivity (Wildman–Crippen MR) is 85.8 cm³/mol. The van der Waals surface area contributed by atoms with Crippen molar-refractivity contribution in [2.24, 2.45) is 0 Å². The highest BCUT2D eigenvalue weighted by atomic mass is 16.2. The maximum atomic E-state index is 12.1. The lowest BCUT2D eigenvalue weighted by Gasteiger charge is -2.13. The van der Waals surface area contributed by atoms with Crippen LogP contribution in [-0.4, -0.2) is 30.4 Å². The summed E-state index contributed by atoms with van der Waals surface area (Å²) in [5.41, 5.74) is 1.38. The van der Waals surface area contributed by atoms with Crippen LogP contribution >= 0.6 is 0 Å². The van der Waals surface area contributed by atoms with E-state index in [1.165, 1.54) is 12.8 Å². The number of carbonyl (C=O) groups is 2. The van der Waals surface area contributed by atoms with Crippen LogP contribution in [0.1, 0.15) is 48.9 Å². The molecule has 1 unspecified atom stereocenters. The van der Waals surface area contributed by atoms with Gasteiger partial charge in [0.2, 0.25) is 5.91 Å². The van der Waals surface area contributed by atoms with Gasteiger partial charge in [-0.1, -0.05) is 12.8 Å². The smallest absolute Gasteiger partial charge is 0.251 e. The van der Waals surface area contributed by atoms with Gasteiger partial charge < -0.3 is 16.0 Å². The maximum Gasteiger partial charge on any atom is 0.251 e. The van der Waals surface area contributed by atoms with Gasteiger partial charge in [0.1, 0.15) is 0 Å². The van der Waals surface area contributed by atoms with Gasteiger partial charge in [0, 0.05) is 17.3 Å². The number of amides is 2. The van der Waals surface area contributed by atoms with Crippen molar-refractivity contribution in [2.75, 3.05) is 11.9 Å². The SMILES string of the molecule is O=C(NC1CCCC1)c1ccc(NC(=O)C2CCCN2)cc1. The number of hydrogen-bond acceptors (Lipinski definition) is 3. The molecule has 2 amide bonds. The molecule has 1 saturated carbocycles. The Kier molecular flexibility index (Phi) is 4.73. The van der Waals surface area contributed by atoms with Crippen molar-refractivity contribution >= 4 is 17.5 Å². The van der Waals surface area contributed by atoms with Crippen molar-refractivity contribution in [3.05, 3.63) is 29.8 Å². The fourth-order valence-electron chi connectivity index (χ4n) is 3.18. The molecule has 1 saturated heterocycles. The first kappa shape index (κ1) is 15.0. The first-order valence-electron chi connectivity index (χ1n) is 8.17. The molecule has 1 aliphatic heterocycles. The summed E-state index contributed by atoms with van der Waals surface area (Å²) >= 11 is 0. The summed E-state index contributed by atoms with van der Waals surface area (Å²) in [6, 6.07) is 7.34. The summed E-state index contributed by atoms with van der Waals surface area (Å²) in [5.74, 6) is -0.0251. The molecular formula is C17H23N3O2. The van der Waals surface area contributed by atoms with Gasteiger partial charge in [-0.05, 0) is 56.5 Å². The maximum absolute atomic E-state index is 12.1. The zero-order valence-electron chi connectivity index (χ0n) is 12.7. The molecule has 118 valence electrons. The molecule has 1 aromatic rings. The second kappa shape index (κ2) is 6.92. The molecular weight excluding hydrogens is 278 g/mol. The van der Waals surface area contributed by atoms with Crippen LogP contribution in [0.4, 0.5) is 5.69 Å². The molecule has 0 bridgehead atoms. The van der Waals surface area contributed by atoms with Gasteiger partial charge >= 0.3 is 0 Å². The lowest BCUT2D eigenvalue weighted by atomic mass is 10.1. The summed E-state index contributed by atoms with van der Waals surface area (Å²) in [7, 11) is 0. The zero-order valence-corrected chi connectivity index (χ0v) is 12.7. The second-order valence-corrected chi connectivity index (χ2v) is 6.17. The Labute approximate surface area is 130 Å². The Bertz CT molecular complexity index is 529. The van der Waals surface area contributed by atoms with Gasteiger partial charge in [0.25, 0.3) is 5.91 Å². The quantitative estimate of drug-likeness (QED) is 0.797. The summed E-state index contributed by atoms with van der Waals surface area (Å²) < 4.78 is 0. The van der Waals surface area contributed by atoms with E-state index in [0.29, 0.717) is 11.6 Å². The predicted octanol–water partition coefficient (Wildman–Crippen LogP) is 2.05. The molecule has 2 fully saturated rings. The van der Waals surface area contributed by atoms with Crippen LogP contribution in [0, 0.1) is 0 Å². The van der Waals surface area contributed by atoms with Gasteiger partial charge in [0.15, 0.2) is 0 Å². The fraction of sp³-hybridized carbons (Fsp3) is 0.529. The third-order valence-electron chi connectivity index (χ3n) is 4.48. The van der Waals surface area contributed by atoms with Crippen molar-refractivity contribution in [3.8, 4) is 0 Å². The minimum atomic E-state index is -0.0923. The van der Waals surface area contributed by atoms with E-state index in [-0.39, 0.29) is 17.9 Å². The first-order chi connectivity index (χ1) is 10.7. The number of carbonyl (C=O) groups excluding carboxylic acids is 2. The molecule has 3 N–H and O–H groups in total. The molecule has 2 aliphatic rings. The molecule has 0 radical (unpaired) electrons. The van der Waals surface area contributed by atoms with Crippen molar-refractivity contribution in [2.45, 2.75) is 50.6 Å². The molecule has 1 heterocycles. The first-order valence-corrected chi connectivity index (χ1v) is 8.17. The Balaban J connectivity index is 1.55. The molecule has 1 aliphatic carbocycles. The van der Waals surface area contributed by atoms with Gasteiger partial charge in [0.05, 0.1) is 6.04 Å². The van der Waals surface area contributed by atoms with Crippen molar-refractivity contribution in [3.63, 3.8) is 0 Å². The van der Waals surface area contributed by atoms with Gasteiger partial charge in [-0.25, -0.2) is 0 Å². The highest BCUT2D eigenvalue weighted by molar-refractivity contribution is 5.97. The van der Waals surface area contributed by atoms with Crippen LogP contribution in [-0.2, 0) is 4.79 Å². The summed E-state index contributed by atoms with van der Waals surface area (Å²) in [6.07, 6.45) is 6.48. The lowest BCUT2D eigenvalue weighted by molar-refractivity contribution is -0.117. The van der Waals surface area contributed by atoms with Crippen LogP contribution in [0.25, 0.3) is 0 Å². The van der Waals surface area contributed by atoms with E-state index in [1.807, 2.05) is 0 Å². The van der Waals surface area contributed by atoms with Gasteiger partial charge in [-0.3, -0.25) is 9.59 Å². The van der Waals surface area contributed by atoms with Crippen molar-refractivity contribution in [1.29, 1.82) is 0 Å². The summed E-state index contributed by atoms with van der Waals surface area (Å²) in [6.45, 7) is 0.901. The third-order valence-corrected chi connectivity index (χ3v) is 4.48. The summed E-state index contributed by atoms with van der Waals surface area (Å²) in [4.78, 5) is 24.1. The Hall–Kier alpha value is -1.88. The van der Waals surface area contributed by atoms with Crippen LogP contribution in [0.2, 0.25) is 0 Å². The molecule has 1 aromatic carbocycles. The van der Waals surface area contributed by atoms with Gasteiger partial charge in [-0.15, -0.1) is 0 Å². The number of hydrogen-bond donors (Lipinski definition) is 3. The number of anilines is 1. The molecule has 0 aromatic heterocycles. The average Bonchev–Trinajstić information content (AvgIpc) is 3.21. The van der Waals surface area contributed by atoms with E-state index in [9.17, 15) is 9.59 Å². The van der Waals surface area contributed by atoms with E-state index in [0.717, 1.165) is 37.9 Å². The molecule has 1 atom stereocenters. The minimum Gasteiger partial charge on any atom is -0.349 e. The van der Waals surface area contributed by atoms with Crippen LogP contribution in [0.3, 0.4) is 0 Å². The number of rotatable bonds is 4. The number of benzene rings is 1. The lowest BCUT2D eigenvalue weighted by Crippen LogP contribution is -2.35. The van der Waals surface area contributed by atoms with Crippen LogP contribution in [0.5, 0.6) is 0 Å². The van der Waals surface area contributed by atoms with Crippen molar-refractivity contribution in [1.82, 2.24) is 10.6 Å². The third kappa shape index (κ3) is 3.65. The monoisotopic (exact) mass is 301 g/mol. The van der Waals surface area contributed by atoms with Crippen molar-refractivity contribution < 1.29 is 9.59 Å². The number of nitrogens with one attached hydrogen (secondary N) is 3. The highest BCUT2D eigenvalue weighted by Crippen LogP contribution is 2.18. The van der Waals surface area contributed by atoms with E-state index >= 15 is 0 Å². The molecule has 0 spiro atoms. The Morgan fingerprint density at radius 2 is 1.73 bits per heavy atom. The summed E-state index contributed by atoms with van der Waals surface area (Å²) in [5, 5.41) is 9.12.